The summed E-state index contributed by atoms with van der Waals surface area (Å²) in [5, 5.41) is 12.2. The van der Waals surface area contributed by atoms with Gasteiger partial charge in [0, 0.05) is 25.4 Å². The van der Waals surface area contributed by atoms with Crippen molar-refractivity contribution in [2.24, 2.45) is 0 Å². The van der Waals surface area contributed by atoms with Crippen LogP contribution in [-0.4, -0.2) is 23.7 Å². The van der Waals surface area contributed by atoms with Crippen molar-refractivity contribution in [3.63, 3.8) is 0 Å². The van der Waals surface area contributed by atoms with Gasteiger partial charge in [-0.3, -0.25) is 0 Å². The molecule has 0 saturated heterocycles. The lowest BCUT2D eigenvalue weighted by atomic mass is 9.89. The third-order valence-electron chi connectivity index (χ3n) is 3.03. The molecule has 0 aliphatic heterocycles. The Bertz CT molecular complexity index is 407. The highest BCUT2D eigenvalue weighted by atomic mass is 16.5. The Morgan fingerprint density at radius 2 is 2.41 bits per heavy atom. The molecule has 1 saturated carbocycles. The minimum absolute atomic E-state index is 0.435. The summed E-state index contributed by atoms with van der Waals surface area (Å²) in [6.45, 7) is 3.62. The monoisotopic (exact) mass is 231 g/mol. The van der Waals surface area contributed by atoms with Gasteiger partial charge < -0.3 is 10.1 Å². The number of nitriles is 1. The van der Waals surface area contributed by atoms with E-state index < -0.39 is 0 Å². The van der Waals surface area contributed by atoms with E-state index in [1.165, 1.54) is 0 Å². The summed E-state index contributed by atoms with van der Waals surface area (Å²) in [4.78, 5) is 3.95. The second-order valence-electron chi connectivity index (χ2n) is 4.29. The van der Waals surface area contributed by atoms with Gasteiger partial charge in [-0.05, 0) is 37.5 Å². The molecule has 1 fully saturated rings. The van der Waals surface area contributed by atoms with Gasteiger partial charge in [0.1, 0.15) is 11.8 Å². The van der Waals surface area contributed by atoms with Gasteiger partial charge in [-0.1, -0.05) is 0 Å². The summed E-state index contributed by atoms with van der Waals surface area (Å²) >= 11 is 0. The smallest absolute Gasteiger partial charge is 0.140 e. The molecule has 1 N–H and O–H groups in total. The lowest BCUT2D eigenvalue weighted by Crippen LogP contribution is -2.45. The zero-order valence-electron chi connectivity index (χ0n) is 10.0. The highest BCUT2D eigenvalue weighted by Gasteiger charge is 2.28. The Balaban J connectivity index is 1.74. The van der Waals surface area contributed by atoms with E-state index in [0.717, 1.165) is 31.6 Å². The molecule has 0 spiro atoms. The van der Waals surface area contributed by atoms with Gasteiger partial charge in [0.05, 0.1) is 6.10 Å². The molecule has 17 heavy (non-hydrogen) atoms. The highest BCUT2D eigenvalue weighted by Crippen LogP contribution is 2.23. The minimum Gasteiger partial charge on any atom is -0.378 e. The van der Waals surface area contributed by atoms with Crippen LogP contribution in [0.2, 0.25) is 0 Å². The van der Waals surface area contributed by atoms with Gasteiger partial charge >= 0.3 is 0 Å². The quantitative estimate of drug-likeness (QED) is 0.836. The van der Waals surface area contributed by atoms with Crippen molar-refractivity contribution in [3.05, 3.63) is 29.6 Å². The van der Waals surface area contributed by atoms with Gasteiger partial charge in [-0.25, -0.2) is 4.98 Å². The van der Waals surface area contributed by atoms with Gasteiger partial charge in [0.2, 0.25) is 0 Å². The summed E-state index contributed by atoms with van der Waals surface area (Å²) in [7, 11) is 0. The van der Waals surface area contributed by atoms with Crippen molar-refractivity contribution in [2.75, 3.05) is 6.61 Å². The second kappa shape index (κ2) is 5.76. The molecule has 90 valence electrons. The summed E-state index contributed by atoms with van der Waals surface area (Å²) in [6, 6.07) is 6.36. The molecule has 0 bridgehead atoms. The first-order valence-electron chi connectivity index (χ1n) is 6.02. The third-order valence-corrected chi connectivity index (χ3v) is 3.03. The first-order chi connectivity index (χ1) is 8.31. The fourth-order valence-electron chi connectivity index (χ4n) is 2.01. The van der Waals surface area contributed by atoms with Gasteiger partial charge in [0.25, 0.3) is 0 Å². The van der Waals surface area contributed by atoms with Crippen molar-refractivity contribution in [2.45, 2.75) is 38.5 Å². The molecule has 1 aromatic rings. The van der Waals surface area contributed by atoms with E-state index in [0.29, 0.717) is 17.8 Å². The molecular formula is C13H17N3O. The Morgan fingerprint density at radius 3 is 3.12 bits per heavy atom. The van der Waals surface area contributed by atoms with Crippen molar-refractivity contribution in [1.29, 1.82) is 5.26 Å². The third kappa shape index (κ3) is 3.26. The van der Waals surface area contributed by atoms with Crippen LogP contribution >= 0.6 is 0 Å². The van der Waals surface area contributed by atoms with Crippen LogP contribution in [0, 0.1) is 11.3 Å². The largest absolute Gasteiger partial charge is 0.378 e. The first-order valence-corrected chi connectivity index (χ1v) is 6.02. The van der Waals surface area contributed by atoms with Crippen LogP contribution in [0.3, 0.4) is 0 Å². The lowest BCUT2D eigenvalue weighted by molar-refractivity contribution is -0.0102. The maximum absolute atomic E-state index is 8.74. The van der Waals surface area contributed by atoms with Crippen LogP contribution in [0.5, 0.6) is 0 Å². The molecule has 1 aliphatic carbocycles. The average Bonchev–Trinajstić information content (AvgIpc) is 2.32. The van der Waals surface area contributed by atoms with Crippen molar-refractivity contribution >= 4 is 0 Å². The first kappa shape index (κ1) is 12.0. The van der Waals surface area contributed by atoms with E-state index in [2.05, 4.69) is 10.3 Å². The van der Waals surface area contributed by atoms with E-state index in [4.69, 9.17) is 10.00 Å². The normalized spacial score (nSPS) is 22.8. The molecule has 0 atom stereocenters. The molecule has 4 nitrogen and oxygen atoms in total. The molecule has 0 amide bonds. The van der Waals surface area contributed by atoms with Gasteiger partial charge in [-0.15, -0.1) is 0 Å². The number of pyridine rings is 1. The van der Waals surface area contributed by atoms with Crippen LogP contribution in [-0.2, 0) is 11.3 Å². The van der Waals surface area contributed by atoms with Gasteiger partial charge in [-0.2, -0.15) is 5.26 Å². The molecule has 0 radical (unpaired) electrons. The number of ether oxygens (including phenoxy) is 1. The van der Waals surface area contributed by atoms with E-state index in [-0.39, 0.29) is 0 Å². The van der Waals surface area contributed by atoms with Crippen LogP contribution in [0.25, 0.3) is 0 Å². The van der Waals surface area contributed by atoms with Crippen molar-refractivity contribution in [3.8, 4) is 6.07 Å². The molecule has 0 unspecified atom stereocenters. The Morgan fingerprint density at radius 1 is 1.59 bits per heavy atom. The molecule has 2 rings (SSSR count). The minimum atomic E-state index is 0.435. The number of aromatic nitrogens is 1. The molecule has 0 aromatic carbocycles. The number of nitrogens with zero attached hydrogens (tertiary/aromatic N) is 2. The Labute approximate surface area is 102 Å². The number of hydrogen-bond donors (Lipinski definition) is 1. The summed E-state index contributed by atoms with van der Waals surface area (Å²) in [5.74, 6) is 0. The van der Waals surface area contributed by atoms with Crippen molar-refractivity contribution in [1.82, 2.24) is 10.3 Å². The van der Waals surface area contributed by atoms with Crippen LogP contribution in [0.15, 0.2) is 18.3 Å². The van der Waals surface area contributed by atoms with E-state index >= 15 is 0 Å². The zero-order valence-corrected chi connectivity index (χ0v) is 10.0. The Kier molecular flexibility index (Phi) is 4.08. The fourth-order valence-corrected chi connectivity index (χ4v) is 2.01. The zero-order chi connectivity index (χ0) is 12.1. The highest BCUT2D eigenvalue weighted by molar-refractivity contribution is 5.25. The molecule has 1 aliphatic rings. The van der Waals surface area contributed by atoms with Crippen LogP contribution < -0.4 is 5.32 Å². The van der Waals surface area contributed by atoms with E-state index in [1.807, 2.05) is 25.1 Å². The molecular weight excluding hydrogens is 214 g/mol. The number of rotatable bonds is 5. The number of nitrogens with one attached hydrogen (secondary N) is 1. The van der Waals surface area contributed by atoms with Crippen LogP contribution in [0.1, 0.15) is 31.0 Å². The molecule has 1 aromatic heterocycles. The SMILES string of the molecule is CCOC1CC(NCc2ccnc(C#N)c2)C1. The summed E-state index contributed by atoms with van der Waals surface area (Å²) in [5.41, 5.74) is 1.58. The average molecular weight is 231 g/mol. The second-order valence-corrected chi connectivity index (χ2v) is 4.29. The standard InChI is InChI=1S/C13H17N3O/c1-2-17-13-6-11(7-13)16-9-10-3-4-15-12(5-10)8-14/h3-5,11,13,16H,2,6-7,9H2,1H3. The van der Waals surface area contributed by atoms with Gasteiger partial charge in [0.15, 0.2) is 0 Å². The number of hydrogen-bond acceptors (Lipinski definition) is 4. The lowest BCUT2D eigenvalue weighted by Gasteiger charge is -2.35. The maximum Gasteiger partial charge on any atom is 0.140 e. The molecule has 4 heteroatoms. The van der Waals surface area contributed by atoms with E-state index in [9.17, 15) is 0 Å². The molecule has 1 heterocycles. The predicted molar refractivity (Wildman–Crippen MR) is 64.2 cm³/mol. The van der Waals surface area contributed by atoms with Crippen LogP contribution in [0.4, 0.5) is 0 Å². The summed E-state index contributed by atoms with van der Waals surface area (Å²) in [6.07, 6.45) is 4.29. The topological polar surface area (TPSA) is 57.9 Å². The van der Waals surface area contributed by atoms with E-state index in [1.54, 1.807) is 6.20 Å². The fraction of sp³-hybridized carbons (Fsp3) is 0.538. The van der Waals surface area contributed by atoms with Crippen molar-refractivity contribution < 1.29 is 4.74 Å². The summed E-state index contributed by atoms with van der Waals surface area (Å²) < 4.78 is 5.50. The Hall–Kier alpha value is -1.44. The maximum atomic E-state index is 8.74. The predicted octanol–water partition coefficient (Wildman–Crippen LogP) is 1.61.